The van der Waals surface area contributed by atoms with Crippen LogP contribution < -0.4 is 15.4 Å². The zero-order valence-corrected chi connectivity index (χ0v) is 15.9. The van der Waals surface area contributed by atoms with Crippen LogP contribution in [-0.4, -0.2) is 42.1 Å². The van der Waals surface area contributed by atoms with E-state index in [9.17, 15) is 0 Å². The van der Waals surface area contributed by atoms with Crippen LogP contribution in [0.3, 0.4) is 0 Å². The number of rotatable bonds is 8. The van der Waals surface area contributed by atoms with E-state index in [1.54, 1.807) is 0 Å². The molecule has 0 atom stereocenters. The van der Waals surface area contributed by atoms with Crippen molar-refractivity contribution in [2.24, 2.45) is 0 Å². The highest BCUT2D eigenvalue weighted by Crippen LogP contribution is 2.31. The summed E-state index contributed by atoms with van der Waals surface area (Å²) in [5, 5.41) is 6.61. The molecule has 6 heteroatoms. The molecule has 0 aliphatic carbocycles. The summed E-state index contributed by atoms with van der Waals surface area (Å²) in [6.45, 7) is 3.65. The fourth-order valence-corrected chi connectivity index (χ4v) is 2.52. The van der Waals surface area contributed by atoms with E-state index in [0.29, 0.717) is 5.95 Å². The highest BCUT2D eigenvalue weighted by Gasteiger charge is 2.08. The molecule has 1 heterocycles. The third-order valence-electron chi connectivity index (χ3n) is 3.82. The maximum atomic E-state index is 6.01. The fraction of sp³-hybridized carbons (Fsp3) is 0.238. The first kappa shape index (κ1) is 18.7. The van der Waals surface area contributed by atoms with Crippen molar-refractivity contribution in [1.29, 1.82) is 0 Å². The van der Waals surface area contributed by atoms with Gasteiger partial charge in [-0.05, 0) is 45.3 Å². The lowest BCUT2D eigenvalue weighted by Crippen LogP contribution is -2.21. The van der Waals surface area contributed by atoms with Gasteiger partial charge in [-0.3, -0.25) is 0 Å². The maximum Gasteiger partial charge on any atom is 0.224 e. The summed E-state index contributed by atoms with van der Waals surface area (Å²) < 4.78 is 6.01. The number of aromatic nitrogens is 2. The van der Waals surface area contributed by atoms with E-state index in [-0.39, 0.29) is 0 Å². The molecule has 0 fully saturated rings. The molecular weight excluding hydrogens is 338 g/mol. The fourth-order valence-electron chi connectivity index (χ4n) is 2.52. The molecule has 0 unspecified atom stereocenters. The first-order valence-corrected chi connectivity index (χ1v) is 8.93. The number of aryl methyl sites for hydroxylation is 1. The Morgan fingerprint density at radius 1 is 0.963 bits per heavy atom. The Morgan fingerprint density at radius 3 is 2.48 bits per heavy atom. The van der Waals surface area contributed by atoms with Crippen LogP contribution in [0.4, 0.5) is 17.5 Å². The number of para-hydroxylation sites is 3. The molecule has 140 valence electrons. The van der Waals surface area contributed by atoms with Crippen molar-refractivity contribution < 1.29 is 4.74 Å². The smallest absolute Gasteiger partial charge is 0.224 e. The third-order valence-corrected chi connectivity index (χ3v) is 3.82. The molecule has 0 amide bonds. The second kappa shape index (κ2) is 9.00. The second-order valence-electron chi connectivity index (χ2n) is 6.48. The van der Waals surface area contributed by atoms with E-state index in [0.717, 1.165) is 41.8 Å². The third kappa shape index (κ3) is 5.69. The number of nitrogens with one attached hydrogen (secondary N) is 2. The van der Waals surface area contributed by atoms with Crippen molar-refractivity contribution in [1.82, 2.24) is 14.9 Å². The van der Waals surface area contributed by atoms with Gasteiger partial charge in [0.15, 0.2) is 5.75 Å². The van der Waals surface area contributed by atoms with Gasteiger partial charge in [0.05, 0.1) is 5.69 Å². The van der Waals surface area contributed by atoms with E-state index in [4.69, 9.17) is 4.74 Å². The van der Waals surface area contributed by atoms with Crippen LogP contribution in [0.1, 0.15) is 5.69 Å². The largest absolute Gasteiger partial charge is 0.455 e. The first-order chi connectivity index (χ1) is 13.1. The summed E-state index contributed by atoms with van der Waals surface area (Å²) in [6, 6.07) is 19.4. The molecule has 3 aromatic rings. The molecule has 0 aliphatic rings. The van der Waals surface area contributed by atoms with Crippen molar-refractivity contribution in [3.05, 3.63) is 66.4 Å². The number of nitrogens with zero attached hydrogens (tertiary/aromatic N) is 3. The van der Waals surface area contributed by atoms with Crippen molar-refractivity contribution in [3.8, 4) is 11.5 Å². The molecule has 27 heavy (non-hydrogen) atoms. The molecule has 0 aliphatic heterocycles. The molecule has 0 saturated heterocycles. The zero-order valence-electron chi connectivity index (χ0n) is 15.9. The monoisotopic (exact) mass is 363 g/mol. The van der Waals surface area contributed by atoms with Crippen molar-refractivity contribution in [2.75, 3.05) is 37.8 Å². The van der Waals surface area contributed by atoms with E-state index in [2.05, 4.69) is 25.5 Å². The number of hydrogen-bond donors (Lipinski definition) is 2. The topological polar surface area (TPSA) is 62.3 Å². The van der Waals surface area contributed by atoms with Gasteiger partial charge in [0.1, 0.15) is 11.6 Å². The lowest BCUT2D eigenvalue weighted by atomic mass is 10.2. The number of ether oxygens (including phenoxy) is 1. The summed E-state index contributed by atoms with van der Waals surface area (Å²) >= 11 is 0. The Labute approximate surface area is 160 Å². The molecule has 2 aromatic carbocycles. The van der Waals surface area contributed by atoms with Crippen molar-refractivity contribution >= 4 is 17.5 Å². The van der Waals surface area contributed by atoms with Gasteiger partial charge in [-0.1, -0.05) is 30.3 Å². The molecule has 0 spiro atoms. The lowest BCUT2D eigenvalue weighted by Gasteiger charge is -2.14. The Kier molecular flexibility index (Phi) is 6.22. The second-order valence-corrected chi connectivity index (χ2v) is 6.48. The quantitative estimate of drug-likeness (QED) is 0.622. The molecule has 0 bridgehead atoms. The lowest BCUT2D eigenvalue weighted by molar-refractivity contribution is 0.425. The Bertz CT molecular complexity index is 867. The maximum absolute atomic E-state index is 6.01. The average molecular weight is 363 g/mol. The van der Waals surface area contributed by atoms with Crippen LogP contribution in [0, 0.1) is 6.92 Å². The van der Waals surface area contributed by atoms with Crippen LogP contribution in [0.25, 0.3) is 0 Å². The van der Waals surface area contributed by atoms with Gasteiger partial charge in [0, 0.05) is 24.8 Å². The van der Waals surface area contributed by atoms with Crippen LogP contribution >= 0.6 is 0 Å². The number of anilines is 3. The molecule has 6 nitrogen and oxygen atoms in total. The number of hydrogen-bond acceptors (Lipinski definition) is 6. The minimum Gasteiger partial charge on any atom is -0.455 e. The van der Waals surface area contributed by atoms with Gasteiger partial charge in [-0.15, -0.1) is 0 Å². The highest BCUT2D eigenvalue weighted by molar-refractivity contribution is 5.65. The van der Waals surface area contributed by atoms with Crippen LogP contribution in [0.15, 0.2) is 60.7 Å². The van der Waals surface area contributed by atoms with Gasteiger partial charge in [-0.25, -0.2) is 4.98 Å². The van der Waals surface area contributed by atoms with Gasteiger partial charge >= 0.3 is 0 Å². The van der Waals surface area contributed by atoms with E-state index < -0.39 is 0 Å². The molecule has 3 rings (SSSR count). The molecular formula is C21H25N5O. The van der Waals surface area contributed by atoms with E-state index >= 15 is 0 Å². The summed E-state index contributed by atoms with van der Waals surface area (Å²) in [6.07, 6.45) is 0. The summed E-state index contributed by atoms with van der Waals surface area (Å²) in [4.78, 5) is 11.1. The summed E-state index contributed by atoms with van der Waals surface area (Å²) in [7, 11) is 4.07. The summed E-state index contributed by atoms with van der Waals surface area (Å²) in [5.41, 5.74) is 1.74. The SMILES string of the molecule is Cc1cc(Nc2ccccc2Oc2ccccc2)nc(NCCN(C)C)n1. The number of likely N-dealkylation sites (N-methyl/N-ethyl adjacent to an activating group) is 1. The van der Waals surface area contributed by atoms with E-state index in [1.165, 1.54) is 0 Å². The van der Waals surface area contributed by atoms with E-state index in [1.807, 2.05) is 81.7 Å². The Morgan fingerprint density at radius 2 is 1.70 bits per heavy atom. The molecule has 0 saturated carbocycles. The Hall–Kier alpha value is -3.12. The van der Waals surface area contributed by atoms with Crippen molar-refractivity contribution in [2.45, 2.75) is 6.92 Å². The van der Waals surface area contributed by atoms with Gasteiger partial charge in [0.2, 0.25) is 5.95 Å². The standard InChI is InChI=1S/C21H25N5O/c1-16-15-20(25-21(23-16)22-13-14-26(2)3)24-18-11-7-8-12-19(18)27-17-9-5-4-6-10-17/h4-12,15H,13-14H2,1-3H3,(H2,22,23,24,25). The highest BCUT2D eigenvalue weighted by atomic mass is 16.5. The first-order valence-electron chi connectivity index (χ1n) is 8.93. The Balaban J connectivity index is 1.76. The van der Waals surface area contributed by atoms with Gasteiger partial charge < -0.3 is 20.3 Å². The predicted molar refractivity (Wildman–Crippen MR) is 110 cm³/mol. The molecule has 0 radical (unpaired) electrons. The van der Waals surface area contributed by atoms with Crippen molar-refractivity contribution in [3.63, 3.8) is 0 Å². The molecule has 1 aromatic heterocycles. The van der Waals surface area contributed by atoms with Crippen LogP contribution in [0.5, 0.6) is 11.5 Å². The average Bonchev–Trinajstić information content (AvgIpc) is 2.63. The number of benzene rings is 2. The predicted octanol–water partition coefficient (Wildman–Crippen LogP) is 4.29. The summed E-state index contributed by atoms with van der Waals surface area (Å²) in [5.74, 6) is 2.86. The molecule has 2 N–H and O–H groups in total. The normalized spacial score (nSPS) is 10.7. The van der Waals surface area contributed by atoms with Gasteiger partial charge in [-0.2, -0.15) is 4.98 Å². The van der Waals surface area contributed by atoms with Gasteiger partial charge in [0.25, 0.3) is 0 Å². The van der Waals surface area contributed by atoms with Crippen LogP contribution in [0.2, 0.25) is 0 Å². The minimum atomic E-state index is 0.612. The zero-order chi connectivity index (χ0) is 19.1. The minimum absolute atomic E-state index is 0.612. The van der Waals surface area contributed by atoms with Crippen LogP contribution in [-0.2, 0) is 0 Å².